The summed E-state index contributed by atoms with van der Waals surface area (Å²) in [6.45, 7) is 2.02. The minimum absolute atomic E-state index is 0.108. The standard InChI is InChI=1S/C11H12IN2O/c1-8-10(7-13-11(15)14-8)12-9-5-3-2-4-6-9/h2-8H,1H3,(H2,13,14,15)/q-1. The van der Waals surface area contributed by atoms with Crippen molar-refractivity contribution in [3.05, 3.63) is 43.7 Å². The Bertz CT molecular complexity index is 389. The molecule has 80 valence electrons. The zero-order chi connectivity index (χ0) is 10.7. The monoisotopic (exact) mass is 315 g/mol. The summed E-state index contributed by atoms with van der Waals surface area (Å²) in [4.78, 5) is 11.0. The summed E-state index contributed by atoms with van der Waals surface area (Å²) < 4.78 is 2.67. The van der Waals surface area contributed by atoms with E-state index in [1.165, 1.54) is 7.15 Å². The van der Waals surface area contributed by atoms with Crippen LogP contribution in [-0.2, 0) is 0 Å². The van der Waals surface area contributed by atoms with E-state index in [-0.39, 0.29) is 33.3 Å². The molecule has 0 bridgehead atoms. The first kappa shape index (κ1) is 10.5. The molecule has 2 rings (SSSR count). The van der Waals surface area contributed by atoms with Gasteiger partial charge in [-0.1, -0.05) is 0 Å². The number of hydrogen-bond donors (Lipinski definition) is 2. The van der Waals surface area contributed by atoms with Crippen LogP contribution >= 0.6 is 0 Å². The minimum atomic E-state index is -0.170. The average Bonchev–Trinajstić information content (AvgIpc) is 2.24. The molecule has 1 aromatic carbocycles. The fourth-order valence-corrected chi connectivity index (χ4v) is 3.71. The van der Waals surface area contributed by atoms with Gasteiger partial charge in [0, 0.05) is 0 Å². The van der Waals surface area contributed by atoms with E-state index in [1.54, 1.807) is 0 Å². The van der Waals surface area contributed by atoms with Crippen molar-refractivity contribution in [1.82, 2.24) is 10.6 Å². The fraction of sp³-hybridized carbons (Fsp3) is 0.182. The summed E-state index contributed by atoms with van der Waals surface area (Å²) in [5, 5.41) is 5.56. The van der Waals surface area contributed by atoms with E-state index >= 15 is 0 Å². The summed E-state index contributed by atoms with van der Waals surface area (Å²) in [7, 11) is 0. The topological polar surface area (TPSA) is 41.1 Å². The molecule has 0 saturated carbocycles. The first-order valence-corrected chi connectivity index (χ1v) is 6.88. The summed E-state index contributed by atoms with van der Waals surface area (Å²) in [5.74, 6) is 0. The van der Waals surface area contributed by atoms with Crippen molar-refractivity contribution in [2.45, 2.75) is 13.0 Å². The molecule has 1 aliphatic rings. The Hall–Kier alpha value is -1.04. The Labute approximate surface area is 99.2 Å². The van der Waals surface area contributed by atoms with Gasteiger partial charge in [-0.15, -0.1) is 0 Å². The Kier molecular flexibility index (Phi) is 3.25. The molecule has 2 N–H and O–H groups in total. The summed E-state index contributed by atoms with van der Waals surface area (Å²) in [5.41, 5.74) is 0. The summed E-state index contributed by atoms with van der Waals surface area (Å²) in [6, 6.07) is 10.4. The Morgan fingerprint density at radius 3 is 2.67 bits per heavy atom. The molecule has 0 aliphatic carbocycles. The van der Waals surface area contributed by atoms with Gasteiger partial charge in [-0.3, -0.25) is 0 Å². The molecule has 0 saturated heterocycles. The van der Waals surface area contributed by atoms with E-state index in [9.17, 15) is 4.79 Å². The Morgan fingerprint density at radius 1 is 1.27 bits per heavy atom. The van der Waals surface area contributed by atoms with Crippen LogP contribution in [0, 0.1) is 3.57 Å². The molecule has 0 spiro atoms. The molecule has 15 heavy (non-hydrogen) atoms. The number of rotatable bonds is 2. The van der Waals surface area contributed by atoms with Gasteiger partial charge in [-0.2, -0.15) is 0 Å². The molecule has 0 aromatic heterocycles. The fourth-order valence-electron chi connectivity index (χ4n) is 1.28. The van der Waals surface area contributed by atoms with Gasteiger partial charge in [0.05, 0.1) is 0 Å². The van der Waals surface area contributed by atoms with E-state index in [0.717, 1.165) is 0 Å². The maximum absolute atomic E-state index is 11.0. The van der Waals surface area contributed by atoms with E-state index in [2.05, 4.69) is 34.9 Å². The second-order valence-corrected chi connectivity index (χ2v) is 6.29. The van der Waals surface area contributed by atoms with Crippen LogP contribution < -0.4 is 31.8 Å². The van der Waals surface area contributed by atoms with E-state index in [1.807, 2.05) is 19.2 Å². The molecule has 1 atom stereocenters. The zero-order valence-corrected chi connectivity index (χ0v) is 10.5. The van der Waals surface area contributed by atoms with Gasteiger partial charge in [0.1, 0.15) is 0 Å². The van der Waals surface area contributed by atoms with Crippen LogP contribution in [0.1, 0.15) is 6.92 Å². The van der Waals surface area contributed by atoms with Crippen molar-refractivity contribution in [3.63, 3.8) is 0 Å². The van der Waals surface area contributed by atoms with Gasteiger partial charge < -0.3 is 0 Å². The number of halogens is 1. The molecule has 1 unspecified atom stereocenters. The normalized spacial score (nSPS) is 20.5. The zero-order valence-electron chi connectivity index (χ0n) is 8.33. The van der Waals surface area contributed by atoms with Crippen LogP contribution in [0.5, 0.6) is 0 Å². The third-order valence-electron chi connectivity index (χ3n) is 2.05. The molecule has 1 aromatic rings. The molecule has 1 aliphatic heterocycles. The Balaban J connectivity index is 2.09. The van der Waals surface area contributed by atoms with Gasteiger partial charge in [-0.05, 0) is 0 Å². The molecule has 0 fully saturated rings. The second-order valence-electron chi connectivity index (χ2n) is 3.26. The first-order valence-electron chi connectivity index (χ1n) is 4.72. The number of benzene rings is 1. The van der Waals surface area contributed by atoms with E-state index in [0.29, 0.717) is 0 Å². The number of urea groups is 1. The first-order chi connectivity index (χ1) is 7.25. The SMILES string of the molecule is CC1NC(=O)NC=C1[I-]c1ccccc1. The van der Waals surface area contributed by atoms with Crippen LogP contribution in [0.25, 0.3) is 0 Å². The summed E-state index contributed by atoms with van der Waals surface area (Å²) >= 11 is -0.170. The summed E-state index contributed by atoms with van der Waals surface area (Å²) in [6.07, 6.45) is 1.85. The average molecular weight is 315 g/mol. The quantitative estimate of drug-likeness (QED) is 0.640. The van der Waals surface area contributed by atoms with Crippen molar-refractivity contribution < 1.29 is 26.0 Å². The van der Waals surface area contributed by atoms with Crippen LogP contribution in [0.15, 0.2) is 40.1 Å². The van der Waals surface area contributed by atoms with Gasteiger partial charge >= 0.3 is 99.3 Å². The molecular weight excluding hydrogens is 303 g/mol. The van der Waals surface area contributed by atoms with Crippen LogP contribution in [0.2, 0.25) is 0 Å². The van der Waals surface area contributed by atoms with Crippen molar-refractivity contribution in [2.24, 2.45) is 0 Å². The van der Waals surface area contributed by atoms with Gasteiger partial charge in [-0.25, -0.2) is 0 Å². The molecule has 0 radical (unpaired) electrons. The molecule has 1 heterocycles. The number of nitrogens with one attached hydrogen (secondary N) is 2. The molecule has 2 amide bonds. The van der Waals surface area contributed by atoms with Crippen molar-refractivity contribution in [3.8, 4) is 0 Å². The van der Waals surface area contributed by atoms with Crippen molar-refractivity contribution in [2.75, 3.05) is 0 Å². The van der Waals surface area contributed by atoms with Crippen LogP contribution in [-0.4, -0.2) is 12.1 Å². The van der Waals surface area contributed by atoms with Crippen molar-refractivity contribution >= 4 is 6.03 Å². The predicted molar refractivity (Wildman–Crippen MR) is 54.4 cm³/mol. The van der Waals surface area contributed by atoms with Crippen LogP contribution in [0.4, 0.5) is 4.79 Å². The Morgan fingerprint density at radius 2 is 2.00 bits per heavy atom. The second kappa shape index (κ2) is 4.65. The molecular formula is C11H12IN2O-. The maximum atomic E-state index is 11.0. The van der Waals surface area contributed by atoms with E-state index < -0.39 is 0 Å². The van der Waals surface area contributed by atoms with E-state index in [4.69, 9.17) is 0 Å². The number of amides is 2. The number of carbonyl (C=O) groups is 1. The van der Waals surface area contributed by atoms with Gasteiger partial charge in [0.25, 0.3) is 0 Å². The molecule has 3 nitrogen and oxygen atoms in total. The number of hydrogen-bond acceptors (Lipinski definition) is 1. The third kappa shape index (κ3) is 2.71. The van der Waals surface area contributed by atoms with Gasteiger partial charge in [0.2, 0.25) is 0 Å². The predicted octanol–water partition coefficient (Wildman–Crippen LogP) is -1.51. The van der Waals surface area contributed by atoms with Crippen molar-refractivity contribution in [1.29, 1.82) is 0 Å². The number of carbonyl (C=O) groups excluding carboxylic acids is 1. The third-order valence-corrected chi connectivity index (χ3v) is 5.26. The van der Waals surface area contributed by atoms with Gasteiger partial charge in [0.15, 0.2) is 0 Å². The van der Waals surface area contributed by atoms with Crippen LogP contribution in [0.3, 0.4) is 0 Å². The molecule has 4 heteroatoms.